The highest BCUT2D eigenvalue weighted by Crippen LogP contribution is 2.35. The van der Waals surface area contributed by atoms with E-state index in [1.807, 2.05) is 15.5 Å². The van der Waals surface area contributed by atoms with Gasteiger partial charge in [0, 0.05) is 69.5 Å². The van der Waals surface area contributed by atoms with Crippen LogP contribution in [-0.2, 0) is 0 Å². The zero-order valence-electron chi connectivity index (χ0n) is 22.0. The van der Waals surface area contributed by atoms with E-state index in [0.29, 0.717) is 29.5 Å². The zero-order valence-corrected chi connectivity index (χ0v) is 22.8. The first-order chi connectivity index (χ1) is 18.4. The standard InChI is InChI=1S/C27H35ClN8O2/c1-32-9-10-33(2)26-15-24(34-16-19(29)17-34)30-25-14-21(31-36(25)26)22-5-3-4-8-35(22)27(37)20-13-18(28)6-7-23(20)38-12-11-32/h6-7,13-15,19,22H,3-5,8-12,16-17,29H2,1-2H3. The number of carbonyl (C=O) groups is 1. The van der Waals surface area contributed by atoms with Crippen molar-refractivity contribution < 1.29 is 9.53 Å². The van der Waals surface area contributed by atoms with Crippen molar-refractivity contribution in [3.05, 3.63) is 46.6 Å². The van der Waals surface area contributed by atoms with Gasteiger partial charge in [-0.2, -0.15) is 9.61 Å². The van der Waals surface area contributed by atoms with Crippen LogP contribution in [0.25, 0.3) is 5.65 Å². The molecule has 0 radical (unpaired) electrons. The van der Waals surface area contributed by atoms with Crippen molar-refractivity contribution in [2.75, 3.05) is 69.8 Å². The van der Waals surface area contributed by atoms with Crippen LogP contribution in [0.1, 0.15) is 41.4 Å². The molecular weight excluding hydrogens is 504 g/mol. The van der Waals surface area contributed by atoms with Gasteiger partial charge in [-0.25, -0.2) is 4.98 Å². The van der Waals surface area contributed by atoms with Crippen LogP contribution in [0.5, 0.6) is 5.75 Å². The number of rotatable bonds is 1. The fourth-order valence-electron chi connectivity index (χ4n) is 5.55. The Balaban J connectivity index is 1.45. The number of hydrogen-bond acceptors (Lipinski definition) is 8. The van der Waals surface area contributed by atoms with Crippen molar-refractivity contribution >= 4 is 34.8 Å². The number of ether oxygens (including phenoxy) is 1. The Morgan fingerprint density at radius 2 is 1.89 bits per heavy atom. The second-order valence-corrected chi connectivity index (χ2v) is 11.1. The molecule has 202 valence electrons. The molecule has 1 amide bonds. The molecule has 2 N–H and O–H groups in total. The molecule has 1 atom stereocenters. The molecular formula is C27H35ClN8O2. The van der Waals surface area contributed by atoms with E-state index in [0.717, 1.165) is 75.0 Å². The molecule has 3 aliphatic heterocycles. The van der Waals surface area contributed by atoms with Crippen LogP contribution in [0.4, 0.5) is 11.6 Å². The van der Waals surface area contributed by atoms with Gasteiger partial charge in [-0.05, 0) is 44.5 Å². The number of halogens is 1. The molecule has 0 aliphatic carbocycles. The van der Waals surface area contributed by atoms with E-state index in [1.165, 1.54) is 0 Å². The Labute approximate surface area is 227 Å². The molecule has 2 aromatic heterocycles. The number of benzene rings is 1. The lowest BCUT2D eigenvalue weighted by Crippen LogP contribution is -2.56. The van der Waals surface area contributed by atoms with Gasteiger partial charge in [0.15, 0.2) is 5.65 Å². The molecule has 6 rings (SSSR count). The van der Waals surface area contributed by atoms with E-state index >= 15 is 0 Å². The van der Waals surface area contributed by atoms with E-state index in [4.69, 9.17) is 32.2 Å². The second-order valence-electron chi connectivity index (χ2n) is 10.7. The minimum absolute atomic E-state index is 0.0785. The number of nitrogens with two attached hydrogens (primary N) is 1. The van der Waals surface area contributed by atoms with Gasteiger partial charge in [0.2, 0.25) is 0 Å². The number of hydrogen-bond donors (Lipinski definition) is 1. The first kappa shape index (κ1) is 25.2. The van der Waals surface area contributed by atoms with Crippen LogP contribution in [0.3, 0.4) is 0 Å². The average Bonchev–Trinajstić information content (AvgIpc) is 3.33. The Hall–Kier alpha value is -3.08. The fraction of sp³-hybridized carbons (Fsp3) is 0.519. The molecule has 3 aliphatic rings. The van der Waals surface area contributed by atoms with E-state index < -0.39 is 0 Å². The van der Waals surface area contributed by atoms with Gasteiger partial charge in [-0.15, -0.1) is 0 Å². The van der Waals surface area contributed by atoms with Gasteiger partial charge in [0.05, 0.1) is 17.3 Å². The minimum Gasteiger partial charge on any atom is -0.491 e. The summed E-state index contributed by atoms with van der Waals surface area (Å²) in [5.74, 6) is 2.37. The highest BCUT2D eigenvalue weighted by molar-refractivity contribution is 6.31. The summed E-state index contributed by atoms with van der Waals surface area (Å²) in [5, 5.41) is 5.57. The number of amides is 1. The molecule has 11 heteroatoms. The summed E-state index contributed by atoms with van der Waals surface area (Å²) < 4.78 is 8.06. The van der Waals surface area contributed by atoms with Crippen molar-refractivity contribution in [3.8, 4) is 5.75 Å². The topological polar surface area (TPSA) is 95.5 Å². The number of nitrogens with zero attached hydrogens (tertiary/aromatic N) is 7. The Bertz CT molecular complexity index is 1340. The lowest BCUT2D eigenvalue weighted by molar-refractivity contribution is 0.0601. The molecule has 38 heavy (non-hydrogen) atoms. The predicted octanol–water partition coefficient (Wildman–Crippen LogP) is 2.66. The molecule has 2 bridgehead atoms. The quantitative estimate of drug-likeness (QED) is 0.505. The smallest absolute Gasteiger partial charge is 0.258 e. The Morgan fingerprint density at radius 3 is 2.71 bits per heavy atom. The fourth-order valence-corrected chi connectivity index (χ4v) is 5.72. The van der Waals surface area contributed by atoms with Crippen molar-refractivity contribution in [2.24, 2.45) is 5.73 Å². The SMILES string of the molecule is CN1CCOc2ccc(Cl)cc2C(=O)N2CCCCC2c2cc3nc(N4CC(N)C4)cc(n3n2)N(C)CC1. The normalized spacial score (nSPS) is 21.8. The number of fused-ring (bicyclic) bond motifs is 4. The van der Waals surface area contributed by atoms with Gasteiger partial charge in [0.1, 0.15) is 24.0 Å². The minimum atomic E-state index is -0.150. The number of piperidine rings is 1. The summed E-state index contributed by atoms with van der Waals surface area (Å²) in [4.78, 5) is 27.5. The van der Waals surface area contributed by atoms with Crippen LogP contribution in [0.2, 0.25) is 5.02 Å². The maximum absolute atomic E-state index is 14.0. The number of likely N-dealkylation sites (N-methyl/N-ethyl adjacent to an activating group) is 2. The van der Waals surface area contributed by atoms with Crippen molar-refractivity contribution in [2.45, 2.75) is 31.3 Å². The summed E-state index contributed by atoms with van der Waals surface area (Å²) >= 11 is 6.34. The van der Waals surface area contributed by atoms with Crippen molar-refractivity contribution in [1.82, 2.24) is 24.4 Å². The third kappa shape index (κ3) is 4.76. The van der Waals surface area contributed by atoms with Crippen LogP contribution < -0.4 is 20.3 Å². The van der Waals surface area contributed by atoms with E-state index in [9.17, 15) is 4.79 Å². The van der Waals surface area contributed by atoms with Gasteiger partial charge in [-0.3, -0.25) is 4.79 Å². The van der Waals surface area contributed by atoms with Crippen molar-refractivity contribution in [3.63, 3.8) is 0 Å². The van der Waals surface area contributed by atoms with Gasteiger partial charge in [0.25, 0.3) is 5.91 Å². The lowest BCUT2D eigenvalue weighted by atomic mass is 9.98. The third-order valence-electron chi connectivity index (χ3n) is 7.86. The van der Waals surface area contributed by atoms with Crippen molar-refractivity contribution in [1.29, 1.82) is 0 Å². The van der Waals surface area contributed by atoms with E-state index in [1.54, 1.807) is 18.2 Å². The van der Waals surface area contributed by atoms with Crippen LogP contribution in [0.15, 0.2) is 30.3 Å². The van der Waals surface area contributed by atoms with Crippen LogP contribution >= 0.6 is 11.6 Å². The second kappa shape index (κ2) is 10.2. The average molecular weight is 539 g/mol. The number of aromatic nitrogens is 3. The number of anilines is 2. The molecule has 10 nitrogen and oxygen atoms in total. The summed E-state index contributed by atoms with van der Waals surface area (Å²) in [6.45, 7) is 5.10. The highest BCUT2D eigenvalue weighted by atomic mass is 35.5. The number of carbonyl (C=O) groups excluding carboxylic acids is 1. The summed E-state index contributed by atoms with van der Waals surface area (Å²) in [7, 11) is 4.17. The summed E-state index contributed by atoms with van der Waals surface area (Å²) in [6.07, 6.45) is 2.82. The molecule has 3 aromatic rings. The van der Waals surface area contributed by atoms with Gasteiger partial charge >= 0.3 is 0 Å². The maximum atomic E-state index is 14.0. The van der Waals surface area contributed by atoms with Gasteiger partial charge < -0.3 is 30.1 Å². The highest BCUT2D eigenvalue weighted by Gasteiger charge is 2.33. The molecule has 1 aromatic carbocycles. The first-order valence-electron chi connectivity index (χ1n) is 13.4. The molecule has 0 spiro atoms. The Morgan fingerprint density at radius 1 is 1.05 bits per heavy atom. The first-order valence-corrected chi connectivity index (χ1v) is 13.8. The maximum Gasteiger partial charge on any atom is 0.258 e. The Kier molecular flexibility index (Phi) is 6.79. The summed E-state index contributed by atoms with van der Waals surface area (Å²) in [5.41, 5.74) is 8.21. The molecule has 5 heterocycles. The lowest BCUT2D eigenvalue weighted by Gasteiger charge is -2.38. The third-order valence-corrected chi connectivity index (χ3v) is 8.10. The van der Waals surface area contributed by atoms with E-state index in [-0.39, 0.29) is 18.0 Å². The monoisotopic (exact) mass is 538 g/mol. The largest absolute Gasteiger partial charge is 0.491 e. The van der Waals surface area contributed by atoms with Gasteiger partial charge in [-0.1, -0.05) is 11.6 Å². The van der Waals surface area contributed by atoms with E-state index in [2.05, 4.69) is 34.9 Å². The molecule has 2 saturated heterocycles. The predicted molar refractivity (Wildman–Crippen MR) is 149 cm³/mol. The molecule has 0 saturated carbocycles. The van der Waals surface area contributed by atoms with Crippen LogP contribution in [0, 0.1) is 0 Å². The molecule has 2 fully saturated rings. The summed E-state index contributed by atoms with van der Waals surface area (Å²) in [6, 6.07) is 9.47. The molecule has 1 unspecified atom stereocenters. The van der Waals surface area contributed by atoms with Crippen LogP contribution in [-0.4, -0.2) is 96.3 Å². The zero-order chi connectivity index (χ0) is 26.4.